The molecule has 6 nitrogen and oxygen atoms in total. The molecule has 9 heteroatoms. The van der Waals surface area contributed by atoms with Crippen molar-refractivity contribution in [3.8, 4) is 0 Å². The minimum atomic E-state index is -4.48. The van der Waals surface area contributed by atoms with Crippen molar-refractivity contribution in [2.24, 2.45) is 0 Å². The summed E-state index contributed by atoms with van der Waals surface area (Å²) in [6.45, 7) is 1.43. The number of carbonyl (C=O) groups is 1. The van der Waals surface area contributed by atoms with Gasteiger partial charge in [0, 0.05) is 0 Å². The van der Waals surface area contributed by atoms with Crippen LogP contribution in [0, 0.1) is 11.6 Å². The van der Waals surface area contributed by atoms with Gasteiger partial charge in [-0.1, -0.05) is 4.89 Å². The summed E-state index contributed by atoms with van der Waals surface area (Å²) in [5.74, 6) is -4.83. The molecule has 1 aromatic rings. The highest BCUT2D eigenvalue weighted by Crippen LogP contribution is 2.19. The zero-order valence-corrected chi connectivity index (χ0v) is 9.92. The molecule has 1 rings (SSSR count). The molecule has 0 amide bonds. The average molecular weight is 281 g/mol. The number of halogens is 2. The Labute approximate surface area is 101 Å². The zero-order valence-electron chi connectivity index (χ0n) is 9.11. The fraction of sp³-hybridized carbons (Fsp3) is 0.222. The standard InChI is InChI=1S/C9H9F2NO5S/c1-2-17-12-18(15,16)7-4-5(9(13)14)3-6(10)8(7)11/h3-4,12H,2H2,1H3,(H,13,14). The van der Waals surface area contributed by atoms with E-state index < -0.39 is 38.1 Å². The van der Waals surface area contributed by atoms with Gasteiger partial charge in [-0.15, -0.1) is 0 Å². The van der Waals surface area contributed by atoms with E-state index in [2.05, 4.69) is 4.84 Å². The quantitative estimate of drug-likeness (QED) is 0.782. The fourth-order valence-corrected chi connectivity index (χ4v) is 2.04. The largest absolute Gasteiger partial charge is 0.478 e. The van der Waals surface area contributed by atoms with Gasteiger partial charge in [0.05, 0.1) is 12.2 Å². The first-order chi connectivity index (χ1) is 8.29. The first-order valence-electron chi connectivity index (χ1n) is 4.65. The number of hydrogen-bond acceptors (Lipinski definition) is 4. The molecule has 0 saturated heterocycles. The van der Waals surface area contributed by atoms with Gasteiger partial charge in [0.2, 0.25) is 0 Å². The first-order valence-corrected chi connectivity index (χ1v) is 6.14. The third-order valence-corrected chi connectivity index (χ3v) is 3.06. The van der Waals surface area contributed by atoms with E-state index >= 15 is 0 Å². The van der Waals surface area contributed by atoms with E-state index in [4.69, 9.17) is 5.11 Å². The smallest absolute Gasteiger partial charge is 0.335 e. The summed E-state index contributed by atoms with van der Waals surface area (Å²) in [5.41, 5.74) is -0.689. The van der Waals surface area contributed by atoms with Crippen LogP contribution in [0.15, 0.2) is 17.0 Å². The van der Waals surface area contributed by atoms with E-state index in [1.54, 1.807) is 0 Å². The minimum absolute atomic E-state index is 0.0397. The lowest BCUT2D eigenvalue weighted by atomic mass is 10.2. The highest BCUT2D eigenvalue weighted by molar-refractivity contribution is 7.89. The molecule has 0 aromatic heterocycles. The summed E-state index contributed by atoms with van der Waals surface area (Å²) in [7, 11) is -4.48. The second-order valence-corrected chi connectivity index (χ2v) is 4.71. The van der Waals surface area contributed by atoms with Gasteiger partial charge in [-0.3, -0.25) is 4.84 Å². The Bertz CT molecular complexity index is 573. The molecule has 0 saturated carbocycles. The van der Waals surface area contributed by atoms with Crippen molar-refractivity contribution in [1.82, 2.24) is 4.89 Å². The molecule has 1 aromatic carbocycles. The maximum atomic E-state index is 13.3. The maximum absolute atomic E-state index is 13.3. The van der Waals surface area contributed by atoms with Crippen molar-refractivity contribution in [3.63, 3.8) is 0 Å². The van der Waals surface area contributed by atoms with Crippen LogP contribution < -0.4 is 4.89 Å². The van der Waals surface area contributed by atoms with Gasteiger partial charge >= 0.3 is 5.97 Å². The van der Waals surface area contributed by atoms with Crippen LogP contribution in [-0.2, 0) is 14.9 Å². The highest BCUT2D eigenvalue weighted by Gasteiger charge is 2.24. The molecule has 0 spiro atoms. The van der Waals surface area contributed by atoms with E-state index in [1.165, 1.54) is 11.8 Å². The molecule has 0 heterocycles. The molecule has 2 N–H and O–H groups in total. The predicted octanol–water partition coefficient (Wildman–Crippen LogP) is 0.893. The van der Waals surface area contributed by atoms with Crippen molar-refractivity contribution in [1.29, 1.82) is 0 Å². The molecule has 0 fully saturated rings. The lowest BCUT2D eigenvalue weighted by molar-refractivity contribution is 0.0695. The van der Waals surface area contributed by atoms with E-state index in [0.29, 0.717) is 12.1 Å². The van der Waals surface area contributed by atoms with Crippen LogP contribution in [0.4, 0.5) is 8.78 Å². The van der Waals surface area contributed by atoms with Crippen molar-refractivity contribution in [3.05, 3.63) is 29.3 Å². The number of aromatic carboxylic acids is 1. The fourth-order valence-electron chi connectivity index (χ4n) is 1.06. The van der Waals surface area contributed by atoms with Crippen LogP contribution in [0.5, 0.6) is 0 Å². The van der Waals surface area contributed by atoms with Crippen LogP contribution in [0.1, 0.15) is 17.3 Å². The number of nitrogens with one attached hydrogen (secondary N) is 1. The molecule has 0 atom stereocenters. The summed E-state index contributed by atoms with van der Waals surface area (Å²) in [5, 5.41) is 8.63. The van der Waals surface area contributed by atoms with Crippen molar-refractivity contribution < 1.29 is 31.9 Å². The molecule has 0 radical (unpaired) electrons. The number of hydrogen-bond donors (Lipinski definition) is 2. The van der Waals surface area contributed by atoms with Crippen LogP contribution >= 0.6 is 0 Å². The van der Waals surface area contributed by atoms with Crippen LogP contribution in [-0.4, -0.2) is 26.1 Å². The monoisotopic (exact) mass is 281 g/mol. The lowest BCUT2D eigenvalue weighted by Crippen LogP contribution is -2.25. The maximum Gasteiger partial charge on any atom is 0.335 e. The summed E-state index contributed by atoms with van der Waals surface area (Å²) in [4.78, 5) is 15.4. The van der Waals surface area contributed by atoms with Gasteiger partial charge in [0.15, 0.2) is 11.6 Å². The van der Waals surface area contributed by atoms with Gasteiger partial charge in [0.1, 0.15) is 4.90 Å². The Balaban J connectivity index is 3.35. The third kappa shape index (κ3) is 3.00. The normalized spacial score (nSPS) is 11.5. The molecule has 0 bridgehead atoms. The van der Waals surface area contributed by atoms with Crippen LogP contribution in [0.25, 0.3) is 0 Å². The SMILES string of the molecule is CCONS(=O)(=O)c1cc(C(=O)O)cc(F)c1F. The first kappa shape index (κ1) is 14.5. The van der Waals surface area contributed by atoms with E-state index in [1.807, 2.05) is 0 Å². The molecular weight excluding hydrogens is 272 g/mol. The Kier molecular flexibility index (Phi) is 4.33. The summed E-state index contributed by atoms with van der Waals surface area (Å²) < 4.78 is 49.4. The topological polar surface area (TPSA) is 92.7 Å². The van der Waals surface area contributed by atoms with E-state index in [9.17, 15) is 22.0 Å². The van der Waals surface area contributed by atoms with Gasteiger partial charge in [0.25, 0.3) is 10.0 Å². The Morgan fingerprint density at radius 1 is 1.44 bits per heavy atom. The van der Waals surface area contributed by atoms with E-state index in [-0.39, 0.29) is 6.61 Å². The number of rotatable bonds is 5. The van der Waals surface area contributed by atoms with Gasteiger partial charge < -0.3 is 5.11 Å². The van der Waals surface area contributed by atoms with Gasteiger partial charge in [-0.2, -0.15) is 0 Å². The molecule has 18 heavy (non-hydrogen) atoms. The lowest BCUT2D eigenvalue weighted by Gasteiger charge is -2.08. The van der Waals surface area contributed by atoms with Crippen LogP contribution in [0.3, 0.4) is 0 Å². The molecule has 0 aliphatic carbocycles. The third-order valence-electron chi connectivity index (χ3n) is 1.84. The highest BCUT2D eigenvalue weighted by atomic mass is 32.2. The predicted molar refractivity (Wildman–Crippen MR) is 55.3 cm³/mol. The van der Waals surface area contributed by atoms with Crippen molar-refractivity contribution in [2.45, 2.75) is 11.8 Å². The average Bonchev–Trinajstić information content (AvgIpc) is 2.29. The van der Waals surface area contributed by atoms with Gasteiger partial charge in [-0.25, -0.2) is 22.0 Å². The number of carboxylic acids is 1. The molecule has 0 unspecified atom stereocenters. The number of carboxylic acid groups (broad SMARTS) is 1. The number of benzene rings is 1. The number of sulfonamides is 1. The van der Waals surface area contributed by atoms with Crippen molar-refractivity contribution >= 4 is 16.0 Å². The summed E-state index contributed by atoms with van der Waals surface area (Å²) in [6, 6.07) is 0.888. The second kappa shape index (κ2) is 5.38. The zero-order chi connectivity index (χ0) is 13.9. The molecule has 0 aliphatic rings. The van der Waals surface area contributed by atoms with Gasteiger partial charge in [-0.05, 0) is 19.1 Å². The van der Waals surface area contributed by atoms with Crippen LogP contribution in [0.2, 0.25) is 0 Å². The Hall–Kier alpha value is -1.58. The molecule has 0 aliphatic heterocycles. The second-order valence-electron chi connectivity index (χ2n) is 3.10. The Morgan fingerprint density at radius 3 is 2.56 bits per heavy atom. The van der Waals surface area contributed by atoms with E-state index in [0.717, 1.165) is 0 Å². The molecular formula is C9H9F2NO5S. The summed E-state index contributed by atoms with van der Waals surface area (Å²) in [6.07, 6.45) is 0. The molecule has 100 valence electrons. The van der Waals surface area contributed by atoms with Crippen molar-refractivity contribution in [2.75, 3.05) is 6.61 Å². The summed E-state index contributed by atoms with van der Waals surface area (Å²) >= 11 is 0. The minimum Gasteiger partial charge on any atom is -0.478 e. The Morgan fingerprint density at radius 2 is 2.06 bits per heavy atom.